The second-order valence-corrected chi connectivity index (χ2v) is 8.08. The number of aryl methyl sites for hydroxylation is 1. The molecule has 136 valence electrons. The molecule has 11 heteroatoms. The lowest BCUT2D eigenvalue weighted by molar-refractivity contribution is -0.123. The van der Waals surface area contributed by atoms with Crippen LogP contribution in [-0.4, -0.2) is 32.0 Å². The number of carbonyl (C=O) groups excluding carboxylic acids is 1. The molecule has 0 aliphatic carbocycles. The van der Waals surface area contributed by atoms with Crippen LogP contribution in [0.5, 0.6) is 0 Å². The monoisotopic (exact) mass is 393 g/mol. The smallest absolute Gasteiger partial charge is 0.343 e. The van der Waals surface area contributed by atoms with Crippen molar-refractivity contribution in [1.29, 1.82) is 0 Å². The number of carbonyl (C=O) groups is 1. The summed E-state index contributed by atoms with van der Waals surface area (Å²) in [4.78, 5) is 16.2. The average molecular weight is 393 g/mol. The maximum Gasteiger partial charge on any atom is 0.405 e. The van der Waals surface area contributed by atoms with Gasteiger partial charge in [-0.05, 0) is 31.2 Å². The standard InChI is InChI=1S/C14H14F3N3O3S2/c1-9-18-6-11(24-9)7-20-25(22,23)12-4-2-10(3-5-12)13(21)19-8-14(15,16)17/h2-6,20H,7-8H2,1H3,(H,19,21). The zero-order valence-electron chi connectivity index (χ0n) is 12.9. The molecule has 2 N–H and O–H groups in total. The number of amides is 1. The van der Waals surface area contributed by atoms with E-state index in [4.69, 9.17) is 0 Å². The van der Waals surface area contributed by atoms with Crippen LogP contribution in [0.25, 0.3) is 0 Å². The SMILES string of the molecule is Cc1ncc(CNS(=O)(=O)c2ccc(C(=O)NCC(F)(F)F)cc2)s1. The van der Waals surface area contributed by atoms with Crippen molar-refractivity contribution in [1.82, 2.24) is 15.0 Å². The minimum atomic E-state index is -4.52. The van der Waals surface area contributed by atoms with Crippen LogP contribution in [0.1, 0.15) is 20.2 Å². The fourth-order valence-corrected chi connectivity index (χ4v) is 3.64. The Balaban J connectivity index is 2.01. The first-order valence-corrected chi connectivity index (χ1v) is 9.23. The van der Waals surface area contributed by atoms with Gasteiger partial charge >= 0.3 is 6.18 Å². The van der Waals surface area contributed by atoms with E-state index in [0.717, 1.165) is 34.2 Å². The van der Waals surface area contributed by atoms with Gasteiger partial charge in [0.05, 0.1) is 9.90 Å². The molecule has 25 heavy (non-hydrogen) atoms. The summed E-state index contributed by atoms with van der Waals surface area (Å²) >= 11 is 1.35. The maximum absolute atomic E-state index is 12.2. The number of hydrogen-bond donors (Lipinski definition) is 2. The predicted octanol–water partition coefficient (Wildman–Crippen LogP) is 2.22. The fourth-order valence-electron chi connectivity index (χ4n) is 1.80. The predicted molar refractivity (Wildman–Crippen MR) is 85.7 cm³/mol. The summed E-state index contributed by atoms with van der Waals surface area (Å²) in [6.45, 7) is 0.411. The molecule has 0 bridgehead atoms. The van der Waals surface area contributed by atoms with Crippen LogP contribution in [0.4, 0.5) is 13.2 Å². The molecule has 0 atom stereocenters. The summed E-state index contributed by atoms with van der Waals surface area (Å²) in [6.07, 6.45) is -2.95. The van der Waals surface area contributed by atoms with E-state index in [-0.39, 0.29) is 17.0 Å². The van der Waals surface area contributed by atoms with Crippen molar-refractivity contribution in [2.24, 2.45) is 0 Å². The number of rotatable bonds is 6. The lowest BCUT2D eigenvalue weighted by Crippen LogP contribution is -2.33. The van der Waals surface area contributed by atoms with Gasteiger partial charge < -0.3 is 5.32 Å². The van der Waals surface area contributed by atoms with E-state index < -0.39 is 28.7 Å². The number of nitrogens with one attached hydrogen (secondary N) is 2. The number of thiazole rings is 1. The molecular weight excluding hydrogens is 379 g/mol. The summed E-state index contributed by atoms with van der Waals surface area (Å²) in [6, 6.07) is 4.61. The van der Waals surface area contributed by atoms with E-state index in [1.54, 1.807) is 18.4 Å². The fraction of sp³-hybridized carbons (Fsp3) is 0.286. The number of benzene rings is 1. The highest BCUT2D eigenvalue weighted by Crippen LogP contribution is 2.15. The van der Waals surface area contributed by atoms with Crippen molar-refractivity contribution in [3.8, 4) is 0 Å². The highest BCUT2D eigenvalue weighted by molar-refractivity contribution is 7.89. The molecule has 1 aromatic heterocycles. The van der Waals surface area contributed by atoms with E-state index in [9.17, 15) is 26.4 Å². The van der Waals surface area contributed by atoms with Gasteiger partial charge in [-0.15, -0.1) is 11.3 Å². The van der Waals surface area contributed by atoms with Crippen molar-refractivity contribution in [2.45, 2.75) is 24.5 Å². The van der Waals surface area contributed by atoms with Crippen molar-refractivity contribution in [2.75, 3.05) is 6.54 Å². The normalized spacial score (nSPS) is 12.2. The lowest BCUT2D eigenvalue weighted by Gasteiger charge is -2.09. The number of sulfonamides is 1. The van der Waals surface area contributed by atoms with Gasteiger partial charge in [0.1, 0.15) is 6.54 Å². The van der Waals surface area contributed by atoms with Crippen LogP contribution in [0.2, 0.25) is 0 Å². The lowest BCUT2D eigenvalue weighted by atomic mass is 10.2. The molecule has 2 rings (SSSR count). The molecule has 0 spiro atoms. The van der Waals surface area contributed by atoms with Gasteiger partial charge in [0.2, 0.25) is 10.0 Å². The molecule has 1 heterocycles. The second-order valence-electron chi connectivity index (χ2n) is 4.99. The van der Waals surface area contributed by atoms with Crippen molar-refractivity contribution >= 4 is 27.3 Å². The third-order valence-electron chi connectivity index (χ3n) is 2.98. The van der Waals surface area contributed by atoms with E-state index in [1.807, 2.05) is 0 Å². The first-order valence-electron chi connectivity index (χ1n) is 6.93. The Morgan fingerprint density at radius 1 is 1.24 bits per heavy atom. The zero-order valence-corrected chi connectivity index (χ0v) is 14.6. The zero-order chi connectivity index (χ0) is 18.7. The second kappa shape index (κ2) is 7.50. The van der Waals surface area contributed by atoms with Gasteiger partial charge in [0.25, 0.3) is 5.91 Å². The molecule has 0 radical (unpaired) electrons. The average Bonchev–Trinajstić information content (AvgIpc) is 2.96. The minimum Gasteiger partial charge on any atom is -0.343 e. The Hall–Kier alpha value is -1.98. The molecule has 6 nitrogen and oxygen atoms in total. The number of aromatic nitrogens is 1. The summed E-state index contributed by atoms with van der Waals surface area (Å²) < 4.78 is 63.0. The summed E-state index contributed by atoms with van der Waals surface area (Å²) in [7, 11) is -3.81. The van der Waals surface area contributed by atoms with Crippen LogP contribution >= 0.6 is 11.3 Å². The quantitative estimate of drug-likeness (QED) is 0.788. The Morgan fingerprint density at radius 2 is 1.88 bits per heavy atom. The summed E-state index contributed by atoms with van der Waals surface area (Å²) in [5.41, 5.74) is -0.0683. The van der Waals surface area contributed by atoms with Crippen LogP contribution in [-0.2, 0) is 16.6 Å². The minimum absolute atomic E-state index is 0.0683. The van der Waals surface area contributed by atoms with Gasteiger partial charge in [-0.1, -0.05) is 0 Å². The molecule has 1 amide bonds. The van der Waals surface area contributed by atoms with Crippen LogP contribution in [0, 0.1) is 6.92 Å². The number of halogens is 3. The molecule has 0 aliphatic rings. The Bertz CT molecular complexity index is 846. The van der Waals surface area contributed by atoms with Gasteiger partial charge in [0, 0.05) is 23.2 Å². The number of hydrogen-bond acceptors (Lipinski definition) is 5. The van der Waals surface area contributed by atoms with Crippen LogP contribution in [0.15, 0.2) is 35.4 Å². The molecule has 0 fully saturated rings. The summed E-state index contributed by atoms with van der Waals surface area (Å²) in [5, 5.41) is 2.52. The molecule has 0 saturated carbocycles. The van der Waals surface area contributed by atoms with E-state index in [0.29, 0.717) is 0 Å². The van der Waals surface area contributed by atoms with Crippen molar-refractivity contribution < 1.29 is 26.4 Å². The van der Waals surface area contributed by atoms with E-state index in [1.165, 1.54) is 11.3 Å². The van der Waals surface area contributed by atoms with Gasteiger partial charge in [0.15, 0.2) is 0 Å². The molecule has 1 aromatic carbocycles. The number of nitrogens with zero attached hydrogens (tertiary/aromatic N) is 1. The molecule has 0 unspecified atom stereocenters. The van der Waals surface area contributed by atoms with Crippen molar-refractivity contribution in [3.05, 3.63) is 45.9 Å². The topological polar surface area (TPSA) is 88.2 Å². The van der Waals surface area contributed by atoms with Gasteiger partial charge in [-0.3, -0.25) is 4.79 Å². The van der Waals surface area contributed by atoms with E-state index in [2.05, 4.69) is 9.71 Å². The van der Waals surface area contributed by atoms with Crippen LogP contribution in [0.3, 0.4) is 0 Å². The Labute approximate surface area is 146 Å². The maximum atomic E-state index is 12.2. The highest BCUT2D eigenvalue weighted by Gasteiger charge is 2.28. The number of alkyl halides is 3. The third-order valence-corrected chi connectivity index (χ3v) is 5.31. The van der Waals surface area contributed by atoms with E-state index >= 15 is 0 Å². The highest BCUT2D eigenvalue weighted by atomic mass is 32.2. The Kier molecular flexibility index (Phi) is 5.80. The molecule has 0 aliphatic heterocycles. The summed E-state index contributed by atoms with van der Waals surface area (Å²) in [5.74, 6) is -0.936. The van der Waals surface area contributed by atoms with Gasteiger partial charge in [-0.25, -0.2) is 18.1 Å². The molecule has 0 saturated heterocycles. The van der Waals surface area contributed by atoms with Crippen molar-refractivity contribution in [3.63, 3.8) is 0 Å². The van der Waals surface area contributed by atoms with Crippen LogP contribution < -0.4 is 10.0 Å². The Morgan fingerprint density at radius 3 is 2.40 bits per heavy atom. The first kappa shape index (κ1) is 19.3. The largest absolute Gasteiger partial charge is 0.405 e. The third kappa shape index (κ3) is 5.80. The molecular formula is C14H14F3N3O3S2. The molecule has 2 aromatic rings. The van der Waals surface area contributed by atoms with Gasteiger partial charge in [-0.2, -0.15) is 13.2 Å². The first-order chi connectivity index (χ1) is 11.6.